The summed E-state index contributed by atoms with van der Waals surface area (Å²) in [4.78, 5) is 9.84. The lowest BCUT2D eigenvalue weighted by atomic mass is 10.2. The molecule has 1 aromatic rings. The molecular formula is C9H8N6O3. The van der Waals surface area contributed by atoms with Crippen molar-refractivity contribution in [2.45, 2.75) is 0 Å². The zero-order chi connectivity index (χ0) is 13.7. The van der Waals surface area contributed by atoms with E-state index in [1.165, 1.54) is 6.07 Å². The molecule has 0 spiro atoms. The first-order valence-corrected chi connectivity index (χ1v) is 4.50. The fourth-order valence-corrected chi connectivity index (χ4v) is 1.03. The Balaban J connectivity index is 3.02. The molecule has 0 aliphatic carbocycles. The van der Waals surface area contributed by atoms with E-state index in [2.05, 4.69) is 10.5 Å². The molecule has 1 aromatic carbocycles. The number of aromatic hydroxyl groups is 1. The summed E-state index contributed by atoms with van der Waals surface area (Å²) >= 11 is 0. The topological polar surface area (TPSA) is 161 Å². The molecule has 0 aliphatic rings. The molecular weight excluding hydrogens is 240 g/mol. The quantitative estimate of drug-likeness (QED) is 0.263. The second kappa shape index (κ2) is 5.26. The van der Waals surface area contributed by atoms with Crippen LogP contribution in [0.15, 0.2) is 23.3 Å². The predicted octanol–water partition coefficient (Wildman–Crippen LogP) is 0.528. The van der Waals surface area contributed by atoms with Crippen LogP contribution in [0.2, 0.25) is 0 Å². The number of hydrogen-bond donors (Lipinski definition) is 4. The Kier molecular flexibility index (Phi) is 3.78. The SMILES string of the molecule is N#C/C(=N\Nc1cc(O)cc([N+](=O)[O-])c1)C(=N)N. The average molecular weight is 248 g/mol. The van der Waals surface area contributed by atoms with Crippen LogP contribution in [0.3, 0.4) is 0 Å². The van der Waals surface area contributed by atoms with Crippen LogP contribution in [0.25, 0.3) is 0 Å². The second-order valence-electron chi connectivity index (χ2n) is 3.09. The van der Waals surface area contributed by atoms with Crippen molar-refractivity contribution in [2.75, 3.05) is 5.43 Å². The van der Waals surface area contributed by atoms with Crippen LogP contribution in [0, 0.1) is 26.9 Å². The van der Waals surface area contributed by atoms with Crippen LogP contribution < -0.4 is 11.2 Å². The summed E-state index contributed by atoms with van der Waals surface area (Å²) in [6, 6.07) is 4.81. The number of benzene rings is 1. The van der Waals surface area contributed by atoms with Gasteiger partial charge in [0.15, 0.2) is 5.84 Å². The van der Waals surface area contributed by atoms with Gasteiger partial charge in [-0.2, -0.15) is 10.4 Å². The Morgan fingerprint density at radius 2 is 2.28 bits per heavy atom. The molecule has 9 heteroatoms. The molecule has 0 atom stereocenters. The first-order chi connectivity index (χ1) is 8.43. The monoisotopic (exact) mass is 248 g/mol. The van der Waals surface area contributed by atoms with Crippen molar-refractivity contribution in [3.63, 3.8) is 0 Å². The number of nitrogens with two attached hydrogens (primary N) is 1. The van der Waals surface area contributed by atoms with E-state index >= 15 is 0 Å². The minimum atomic E-state index is -0.690. The number of nitriles is 1. The lowest BCUT2D eigenvalue weighted by molar-refractivity contribution is -0.384. The molecule has 5 N–H and O–H groups in total. The van der Waals surface area contributed by atoms with Crippen molar-refractivity contribution in [3.8, 4) is 11.8 Å². The van der Waals surface area contributed by atoms with Crippen molar-refractivity contribution in [1.82, 2.24) is 0 Å². The molecule has 9 nitrogen and oxygen atoms in total. The van der Waals surface area contributed by atoms with E-state index in [9.17, 15) is 15.2 Å². The van der Waals surface area contributed by atoms with Gasteiger partial charge in [0.2, 0.25) is 5.71 Å². The first kappa shape index (κ1) is 12.9. The van der Waals surface area contributed by atoms with Crippen LogP contribution in [0.5, 0.6) is 5.75 Å². The minimum Gasteiger partial charge on any atom is -0.508 e. The number of nitro benzene ring substituents is 1. The molecule has 1 rings (SSSR count). The number of anilines is 1. The van der Waals surface area contributed by atoms with E-state index in [-0.39, 0.29) is 22.8 Å². The molecule has 0 amide bonds. The second-order valence-corrected chi connectivity index (χ2v) is 3.09. The summed E-state index contributed by atoms with van der Waals surface area (Å²) in [5.74, 6) is -0.872. The third kappa shape index (κ3) is 3.17. The maximum absolute atomic E-state index is 10.5. The highest BCUT2D eigenvalue weighted by Crippen LogP contribution is 2.24. The fourth-order valence-electron chi connectivity index (χ4n) is 1.03. The van der Waals surface area contributed by atoms with Gasteiger partial charge < -0.3 is 10.8 Å². The molecule has 0 radical (unpaired) electrons. The van der Waals surface area contributed by atoms with Gasteiger partial charge in [0.1, 0.15) is 11.8 Å². The maximum atomic E-state index is 10.5. The maximum Gasteiger partial charge on any atom is 0.275 e. The van der Waals surface area contributed by atoms with E-state index in [4.69, 9.17) is 16.4 Å². The van der Waals surface area contributed by atoms with Crippen molar-refractivity contribution >= 4 is 22.9 Å². The Labute approximate surface area is 101 Å². The Morgan fingerprint density at radius 3 is 2.78 bits per heavy atom. The summed E-state index contributed by atoms with van der Waals surface area (Å²) in [6.45, 7) is 0. The molecule has 0 heterocycles. The zero-order valence-corrected chi connectivity index (χ0v) is 8.91. The van der Waals surface area contributed by atoms with Gasteiger partial charge in [0.25, 0.3) is 5.69 Å². The molecule has 0 aromatic heterocycles. The summed E-state index contributed by atoms with van der Waals surface area (Å²) in [6.07, 6.45) is 0. The third-order valence-corrected chi connectivity index (χ3v) is 1.77. The van der Waals surface area contributed by atoms with Gasteiger partial charge in [0.05, 0.1) is 16.7 Å². The molecule has 0 saturated carbocycles. The molecule has 0 aliphatic heterocycles. The van der Waals surface area contributed by atoms with Crippen LogP contribution >= 0.6 is 0 Å². The lowest BCUT2D eigenvalue weighted by Gasteiger charge is -2.02. The lowest BCUT2D eigenvalue weighted by Crippen LogP contribution is -2.21. The molecule has 18 heavy (non-hydrogen) atoms. The molecule has 92 valence electrons. The molecule has 0 saturated heterocycles. The van der Waals surface area contributed by atoms with E-state index < -0.39 is 10.8 Å². The number of hydrogen-bond acceptors (Lipinski definition) is 7. The minimum absolute atomic E-state index is 0.0932. The van der Waals surface area contributed by atoms with E-state index in [0.717, 1.165) is 12.1 Å². The Bertz CT molecular complexity index is 574. The third-order valence-electron chi connectivity index (χ3n) is 1.77. The van der Waals surface area contributed by atoms with E-state index in [1.807, 2.05) is 0 Å². The van der Waals surface area contributed by atoms with E-state index in [1.54, 1.807) is 6.07 Å². The highest BCUT2D eigenvalue weighted by atomic mass is 16.6. The number of phenolic OH excluding ortho intramolecular Hbond substituents is 1. The number of phenols is 1. The van der Waals surface area contributed by atoms with Gasteiger partial charge >= 0.3 is 0 Å². The number of rotatable bonds is 4. The van der Waals surface area contributed by atoms with Crippen molar-refractivity contribution < 1.29 is 10.0 Å². The van der Waals surface area contributed by atoms with Gasteiger partial charge in [-0.05, 0) is 0 Å². The van der Waals surface area contributed by atoms with Crippen LogP contribution in [0.4, 0.5) is 11.4 Å². The molecule has 0 fully saturated rings. The normalized spacial score (nSPS) is 10.5. The van der Waals surface area contributed by atoms with Gasteiger partial charge in [-0.15, -0.1) is 0 Å². The number of nitrogens with zero attached hydrogens (tertiary/aromatic N) is 3. The molecule has 0 unspecified atom stereocenters. The van der Waals surface area contributed by atoms with Crippen LogP contribution in [-0.2, 0) is 0 Å². The van der Waals surface area contributed by atoms with Crippen LogP contribution in [-0.4, -0.2) is 21.6 Å². The summed E-state index contributed by atoms with van der Waals surface area (Å²) < 4.78 is 0. The number of nitro groups is 1. The summed E-state index contributed by atoms with van der Waals surface area (Å²) in [5, 5.41) is 38.8. The standard InChI is InChI=1S/C9H8N6O3/c10-4-8(9(11)12)14-13-5-1-6(15(17)18)3-7(16)2-5/h1-3,13,16H,(H3,11,12)/b14-8+. The number of amidine groups is 1. The first-order valence-electron chi connectivity index (χ1n) is 4.50. The fraction of sp³-hybridized carbons (Fsp3) is 0. The number of nitrogens with one attached hydrogen (secondary N) is 2. The highest BCUT2D eigenvalue weighted by molar-refractivity contribution is 6.45. The van der Waals surface area contributed by atoms with Crippen molar-refractivity contribution in [2.24, 2.45) is 10.8 Å². The summed E-state index contributed by atoms with van der Waals surface area (Å²) in [7, 11) is 0. The van der Waals surface area contributed by atoms with Gasteiger partial charge in [0, 0.05) is 12.1 Å². The summed E-state index contributed by atoms with van der Waals surface area (Å²) in [5.41, 5.74) is 6.73. The highest BCUT2D eigenvalue weighted by Gasteiger charge is 2.09. The number of hydrazone groups is 1. The average Bonchev–Trinajstić information content (AvgIpc) is 2.28. The molecule has 0 bridgehead atoms. The van der Waals surface area contributed by atoms with E-state index in [0.29, 0.717) is 0 Å². The van der Waals surface area contributed by atoms with Crippen molar-refractivity contribution in [1.29, 1.82) is 10.7 Å². The van der Waals surface area contributed by atoms with Gasteiger partial charge in [-0.3, -0.25) is 20.9 Å². The number of non-ortho nitro benzene ring substituents is 1. The van der Waals surface area contributed by atoms with Gasteiger partial charge in [-0.1, -0.05) is 0 Å². The largest absolute Gasteiger partial charge is 0.508 e. The van der Waals surface area contributed by atoms with Crippen LogP contribution in [0.1, 0.15) is 0 Å². The predicted molar refractivity (Wildman–Crippen MR) is 63.3 cm³/mol. The van der Waals surface area contributed by atoms with Crippen molar-refractivity contribution in [3.05, 3.63) is 28.3 Å². The smallest absolute Gasteiger partial charge is 0.275 e. The Morgan fingerprint density at radius 1 is 1.61 bits per heavy atom. The van der Waals surface area contributed by atoms with Gasteiger partial charge in [-0.25, -0.2) is 0 Å². The Hall–Kier alpha value is -3.15. The zero-order valence-electron chi connectivity index (χ0n) is 8.91.